The van der Waals surface area contributed by atoms with Crippen molar-refractivity contribution in [1.29, 1.82) is 0 Å². The monoisotopic (exact) mass is 472 g/mol. The molecule has 2 amide bonds. The van der Waals surface area contributed by atoms with Gasteiger partial charge in [0.1, 0.15) is 29.0 Å². The van der Waals surface area contributed by atoms with Gasteiger partial charge in [0.15, 0.2) is 6.61 Å². The van der Waals surface area contributed by atoms with Crippen molar-refractivity contribution in [3.63, 3.8) is 0 Å². The lowest BCUT2D eigenvalue weighted by molar-refractivity contribution is -0.143. The van der Waals surface area contributed by atoms with E-state index >= 15 is 0 Å². The zero-order valence-corrected chi connectivity index (χ0v) is 20.8. The molecule has 2 rings (SSSR count). The van der Waals surface area contributed by atoms with Gasteiger partial charge in [0.2, 0.25) is 5.91 Å². The minimum atomic E-state index is -0.616. The van der Waals surface area contributed by atoms with E-state index in [0.29, 0.717) is 30.2 Å². The van der Waals surface area contributed by atoms with Crippen LogP contribution in [-0.4, -0.2) is 57.2 Å². The van der Waals surface area contributed by atoms with Crippen LogP contribution in [0.5, 0.6) is 23.0 Å². The lowest BCUT2D eigenvalue weighted by Gasteiger charge is -2.30. The molecule has 2 aromatic carbocycles. The van der Waals surface area contributed by atoms with Crippen molar-refractivity contribution in [3.8, 4) is 23.0 Å². The Bertz CT molecular complexity index is 894. The highest BCUT2D eigenvalue weighted by Crippen LogP contribution is 2.27. The van der Waals surface area contributed by atoms with Gasteiger partial charge >= 0.3 is 0 Å². The van der Waals surface area contributed by atoms with Crippen LogP contribution >= 0.6 is 0 Å². The Balaban J connectivity index is 2.22. The van der Waals surface area contributed by atoms with Crippen molar-refractivity contribution in [2.45, 2.75) is 45.7 Å². The first-order valence-corrected chi connectivity index (χ1v) is 11.5. The molecule has 0 bridgehead atoms. The molecule has 186 valence electrons. The summed E-state index contributed by atoms with van der Waals surface area (Å²) in [6.45, 7) is 4.58. The molecule has 0 saturated heterocycles. The van der Waals surface area contributed by atoms with Crippen LogP contribution in [-0.2, 0) is 16.1 Å². The van der Waals surface area contributed by atoms with Gasteiger partial charge in [-0.2, -0.15) is 0 Å². The lowest BCUT2D eigenvalue weighted by Crippen LogP contribution is -2.50. The quantitative estimate of drug-likeness (QED) is 0.421. The Morgan fingerprint density at radius 2 is 1.47 bits per heavy atom. The van der Waals surface area contributed by atoms with Crippen molar-refractivity contribution in [1.82, 2.24) is 10.2 Å². The van der Waals surface area contributed by atoms with E-state index in [4.69, 9.17) is 18.9 Å². The average Bonchev–Trinajstić information content (AvgIpc) is 2.87. The number of carbonyl (C=O) groups is 2. The molecule has 8 heteroatoms. The van der Waals surface area contributed by atoms with Crippen LogP contribution in [0.15, 0.2) is 42.5 Å². The topological polar surface area (TPSA) is 86.3 Å². The number of nitrogens with zero attached hydrogens (tertiary/aromatic N) is 1. The number of amides is 2. The second kappa shape index (κ2) is 14.0. The van der Waals surface area contributed by atoms with Crippen LogP contribution in [0.4, 0.5) is 0 Å². The van der Waals surface area contributed by atoms with Gasteiger partial charge in [-0.25, -0.2) is 0 Å². The molecule has 0 aliphatic heterocycles. The third kappa shape index (κ3) is 7.86. The van der Waals surface area contributed by atoms with Gasteiger partial charge in [-0.1, -0.05) is 32.4 Å². The van der Waals surface area contributed by atoms with Gasteiger partial charge < -0.3 is 29.2 Å². The second-order valence-electron chi connectivity index (χ2n) is 7.78. The SMILES string of the molecule is CCCCNC(=O)[C@@H](CC)N(Cc1ccc(OC)cc1)C(=O)COc1cc(OC)cc(OC)c1. The fourth-order valence-electron chi connectivity index (χ4n) is 3.45. The highest BCUT2D eigenvalue weighted by Gasteiger charge is 2.29. The minimum Gasteiger partial charge on any atom is -0.497 e. The van der Waals surface area contributed by atoms with E-state index in [1.807, 2.05) is 31.2 Å². The maximum Gasteiger partial charge on any atom is 0.261 e. The fraction of sp³-hybridized carbons (Fsp3) is 0.462. The van der Waals surface area contributed by atoms with Gasteiger partial charge in [0, 0.05) is 31.3 Å². The van der Waals surface area contributed by atoms with Gasteiger partial charge in [0.25, 0.3) is 5.91 Å². The number of unbranched alkanes of at least 4 members (excludes halogenated alkanes) is 1. The van der Waals surface area contributed by atoms with Gasteiger partial charge in [-0.05, 0) is 30.5 Å². The first-order chi connectivity index (χ1) is 16.4. The van der Waals surface area contributed by atoms with Crippen LogP contribution in [0.2, 0.25) is 0 Å². The van der Waals surface area contributed by atoms with E-state index in [9.17, 15) is 9.59 Å². The van der Waals surface area contributed by atoms with Crippen LogP contribution in [0.1, 0.15) is 38.7 Å². The maximum atomic E-state index is 13.3. The first-order valence-electron chi connectivity index (χ1n) is 11.5. The Morgan fingerprint density at radius 3 is 2.00 bits per heavy atom. The largest absolute Gasteiger partial charge is 0.497 e. The summed E-state index contributed by atoms with van der Waals surface area (Å²) in [5, 5.41) is 2.95. The van der Waals surface area contributed by atoms with Crippen LogP contribution in [0.3, 0.4) is 0 Å². The number of nitrogens with one attached hydrogen (secondary N) is 1. The van der Waals surface area contributed by atoms with Crippen LogP contribution < -0.4 is 24.3 Å². The van der Waals surface area contributed by atoms with Crippen molar-refractivity contribution in [2.24, 2.45) is 0 Å². The second-order valence-corrected chi connectivity index (χ2v) is 7.78. The number of hydrogen-bond acceptors (Lipinski definition) is 6. The highest BCUT2D eigenvalue weighted by molar-refractivity contribution is 5.88. The molecule has 0 aliphatic carbocycles. The van der Waals surface area contributed by atoms with Gasteiger partial charge in [0.05, 0.1) is 21.3 Å². The third-order valence-corrected chi connectivity index (χ3v) is 5.41. The zero-order valence-electron chi connectivity index (χ0n) is 20.8. The van der Waals surface area contributed by atoms with Crippen molar-refractivity contribution < 1.29 is 28.5 Å². The van der Waals surface area contributed by atoms with E-state index in [1.165, 1.54) is 0 Å². The molecule has 0 aromatic heterocycles. The summed E-state index contributed by atoms with van der Waals surface area (Å²) in [5.74, 6) is 1.81. The molecule has 0 heterocycles. The maximum absolute atomic E-state index is 13.3. The summed E-state index contributed by atoms with van der Waals surface area (Å²) in [4.78, 5) is 27.8. The standard InChI is InChI=1S/C26H36N2O6/c1-6-8-13-27-26(30)24(7-2)28(17-19-9-11-20(31-3)12-10-19)25(29)18-34-23-15-21(32-4)14-22(16-23)33-5/h9-12,14-16,24H,6-8,13,17-18H2,1-5H3,(H,27,30)/t24-/m1/s1. The molecule has 0 radical (unpaired) electrons. The number of ether oxygens (including phenoxy) is 4. The molecule has 34 heavy (non-hydrogen) atoms. The van der Waals surface area contributed by atoms with Crippen LogP contribution in [0, 0.1) is 0 Å². The predicted molar refractivity (Wildman–Crippen MR) is 131 cm³/mol. The highest BCUT2D eigenvalue weighted by atomic mass is 16.5. The number of methoxy groups -OCH3 is 3. The van der Waals surface area contributed by atoms with Crippen molar-refractivity contribution in [3.05, 3.63) is 48.0 Å². The molecule has 0 unspecified atom stereocenters. The minimum absolute atomic E-state index is 0.166. The molecule has 0 spiro atoms. The predicted octanol–water partition coefficient (Wildman–Crippen LogP) is 3.81. The molecule has 8 nitrogen and oxygen atoms in total. The normalized spacial score (nSPS) is 11.3. The summed E-state index contributed by atoms with van der Waals surface area (Å²) in [6, 6.07) is 11.9. The summed E-state index contributed by atoms with van der Waals surface area (Å²) >= 11 is 0. The summed E-state index contributed by atoms with van der Waals surface area (Å²) < 4.78 is 21.5. The Hall–Kier alpha value is -3.42. The lowest BCUT2D eigenvalue weighted by atomic mass is 10.1. The molecule has 1 N–H and O–H groups in total. The number of carbonyl (C=O) groups excluding carboxylic acids is 2. The smallest absolute Gasteiger partial charge is 0.261 e. The molecule has 0 fully saturated rings. The Kier molecular flexibility index (Phi) is 11.0. The molecular formula is C26H36N2O6. The van der Waals surface area contributed by atoms with E-state index < -0.39 is 6.04 Å². The van der Waals surface area contributed by atoms with Gasteiger partial charge in [-0.15, -0.1) is 0 Å². The van der Waals surface area contributed by atoms with E-state index in [2.05, 4.69) is 12.2 Å². The van der Waals surface area contributed by atoms with E-state index in [1.54, 1.807) is 44.4 Å². The average molecular weight is 473 g/mol. The van der Waals surface area contributed by atoms with E-state index in [-0.39, 0.29) is 25.0 Å². The first kappa shape index (κ1) is 26.8. The van der Waals surface area contributed by atoms with Gasteiger partial charge in [-0.3, -0.25) is 9.59 Å². The van der Waals surface area contributed by atoms with E-state index in [0.717, 1.165) is 24.2 Å². The number of hydrogen-bond donors (Lipinski definition) is 1. The number of benzene rings is 2. The molecular weight excluding hydrogens is 436 g/mol. The molecule has 1 atom stereocenters. The number of rotatable bonds is 14. The Labute approximate surface area is 202 Å². The zero-order chi connectivity index (χ0) is 24.9. The summed E-state index contributed by atoms with van der Waals surface area (Å²) in [7, 11) is 4.69. The molecule has 0 aliphatic rings. The third-order valence-electron chi connectivity index (χ3n) is 5.41. The fourth-order valence-corrected chi connectivity index (χ4v) is 3.45. The van der Waals surface area contributed by atoms with Crippen molar-refractivity contribution in [2.75, 3.05) is 34.5 Å². The molecule has 2 aromatic rings. The molecule has 0 saturated carbocycles. The Morgan fingerprint density at radius 1 is 0.882 bits per heavy atom. The van der Waals surface area contributed by atoms with Crippen LogP contribution in [0.25, 0.3) is 0 Å². The van der Waals surface area contributed by atoms with Crippen molar-refractivity contribution >= 4 is 11.8 Å². The summed E-state index contributed by atoms with van der Waals surface area (Å²) in [5.41, 5.74) is 0.886. The summed E-state index contributed by atoms with van der Waals surface area (Å²) in [6.07, 6.45) is 2.34.